The summed E-state index contributed by atoms with van der Waals surface area (Å²) < 4.78 is 39.6. The number of ketones is 1. The molecular formula is C21H21F3O6. The van der Waals surface area contributed by atoms with E-state index in [4.69, 9.17) is 10.2 Å². The molecule has 0 radical (unpaired) electrons. The summed E-state index contributed by atoms with van der Waals surface area (Å²) in [6.07, 6.45) is -8.25. The Morgan fingerprint density at radius 1 is 0.833 bits per heavy atom. The van der Waals surface area contributed by atoms with E-state index in [2.05, 4.69) is 4.74 Å². The SMILES string of the molecule is CC(O)C(C)C(O)C(F)(F)F.O=C(OC(=O)c1ccccc1)C(=O)c1ccccc1. The summed E-state index contributed by atoms with van der Waals surface area (Å²) in [5, 5.41) is 17.2. The van der Waals surface area contributed by atoms with Gasteiger partial charge >= 0.3 is 18.1 Å². The molecular weight excluding hydrogens is 405 g/mol. The van der Waals surface area contributed by atoms with Crippen molar-refractivity contribution in [2.24, 2.45) is 5.92 Å². The van der Waals surface area contributed by atoms with Crippen LogP contribution in [0.5, 0.6) is 0 Å². The summed E-state index contributed by atoms with van der Waals surface area (Å²) in [5.41, 5.74) is 0.407. The Labute approximate surface area is 170 Å². The number of aliphatic hydroxyl groups excluding tert-OH is 2. The van der Waals surface area contributed by atoms with E-state index in [0.717, 1.165) is 6.92 Å². The molecule has 0 fully saturated rings. The normalized spacial score (nSPS) is 13.8. The van der Waals surface area contributed by atoms with Crippen LogP contribution in [0, 0.1) is 5.92 Å². The van der Waals surface area contributed by atoms with Crippen LogP contribution in [-0.2, 0) is 9.53 Å². The second-order valence-electron chi connectivity index (χ2n) is 6.32. The maximum absolute atomic E-state index is 11.7. The van der Waals surface area contributed by atoms with Crippen molar-refractivity contribution in [1.29, 1.82) is 0 Å². The lowest BCUT2D eigenvalue weighted by Gasteiger charge is -2.23. The van der Waals surface area contributed by atoms with Crippen LogP contribution in [0.4, 0.5) is 13.2 Å². The van der Waals surface area contributed by atoms with Gasteiger partial charge in [0.1, 0.15) is 0 Å². The highest BCUT2D eigenvalue weighted by Gasteiger charge is 2.43. The lowest BCUT2D eigenvalue weighted by molar-refractivity contribution is -0.225. The first-order chi connectivity index (χ1) is 13.9. The molecule has 0 spiro atoms. The second kappa shape index (κ2) is 11.2. The predicted octanol–water partition coefficient (Wildman–Crippen LogP) is 3.18. The monoisotopic (exact) mass is 426 g/mol. The largest absolute Gasteiger partial charge is 0.414 e. The summed E-state index contributed by atoms with van der Waals surface area (Å²) in [6.45, 7) is 2.35. The smallest absolute Gasteiger partial charge is 0.393 e. The number of alkyl halides is 3. The highest BCUT2D eigenvalue weighted by molar-refractivity contribution is 6.42. The van der Waals surface area contributed by atoms with E-state index in [-0.39, 0.29) is 11.1 Å². The molecule has 0 heterocycles. The Morgan fingerprint density at radius 3 is 1.63 bits per heavy atom. The van der Waals surface area contributed by atoms with Gasteiger partial charge in [0.2, 0.25) is 0 Å². The molecule has 0 aliphatic heterocycles. The van der Waals surface area contributed by atoms with Gasteiger partial charge in [-0.3, -0.25) is 4.79 Å². The van der Waals surface area contributed by atoms with Crippen LogP contribution >= 0.6 is 0 Å². The van der Waals surface area contributed by atoms with E-state index < -0.39 is 42.0 Å². The number of ether oxygens (including phenoxy) is 1. The van der Waals surface area contributed by atoms with Gasteiger partial charge in [-0.1, -0.05) is 55.5 Å². The third kappa shape index (κ3) is 7.76. The summed E-state index contributed by atoms with van der Waals surface area (Å²) in [7, 11) is 0. The third-order valence-electron chi connectivity index (χ3n) is 4.01. The molecule has 2 rings (SSSR count). The molecule has 6 nitrogen and oxygen atoms in total. The standard InChI is InChI=1S/C15H10O4.C6H11F3O2/c16-13(11-7-3-1-4-8-11)15(18)19-14(17)12-9-5-2-6-10-12;1-3(4(2)10)5(11)6(7,8)9/h1-10H;3-5,10-11H,1-2H3. The number of aliphatic hydroxyl groups is 2. The van der Waals surface area contributed by atoms with Crippen molar-refractivity contribution in [2.75, 3.05) is 0 Å². The number of benzene rings is 2. The Morgan fingerprint density at radius 2 is 1.27 bits per heavy atom. The number of hydrogen-bond acceptors (Lipinski definition) is 6. The Bertz CT molecular complexity index is 835. The van der Waals surface area contributed by atoms with Crippen LogP contribution in [0.15, 0.2) is 60.7 Å². The molecule has 3 atom stereocenters. The molecule has 30 heavy (non-hydrogen) atoms. The molecule has 0 saturated carbocycles. The average molecular weight is 426 g/mol. The first-order valence-electron chi connectivity index (χ1n) is 8.79. The number of carbonyl (C=O) groups is 3. The maximum Gasteiger partial charge on any atom is 0.414 e. The molecule has 0 aromatic heterocycles. The van der Waals surface area contributed by atoms with Crippen LogP contribution in [-0.4, -0.2) is 46.3 Å². The Kier molecular flexibility index (Phi) is 9.35. The van der Waals surface area contributed by atoms with Crippen molar-refractivity contribution in [3.8, 4) is 0 Å². The molecule has 162 valence electrons. The fourth-order valence-corrected chi connectivity index (χ4v) is 2.03. The lowest BCUT2D eigenvalue weighted by atomic mass is 9.99. The molecule has 0 aliphatic rings. The second-order valence-corrected chi connectivity index (χ2v) is 6.32. The van der Waals surface area contributed by atoms with Crippen LogP contribution in [0.3, 0.4) is 0 Å². The maximum atomic E-state index is 11.7. The minimum Gasteiger partial charge on any atom is -0.393 e. The van der Waals surface area contributed by atoms with Gasteiger partial charge in [-0.2, -0.15) is 13.2 Å². The zero-order valence-corrected chi connectivity index (χ0v) is 16.2. The first kappa shape index (κ1) is 25.0. The predicted molar refractivity (Wildman–Crippen MR) is 101 cm³/mol. The molecule has 0 aliphatic carbocycles. The molecule has 2 N–H and O–H groups in total. The van der Waals surface area contributed by atoms with Crippen molar-refractivity contribution in [3.63, 3.8) is 0 Å². The minimum atomic E-state index is -4.64. The van der Waals surface area contributed by atoms with Crippen LogP contribution < -0.4 is 0 Å². The van der Waals surface area contributed by atoms with Gasteiger partial charge in [0.05, 0.1) is 11.7 Å². The van der Waals surface area contributed by atoms with Gasteiger partial charge in [-0.15, -0.1) is 0 Å². The van der Waals surface area contributed by atoms with Gasteiger partial charge in [0.25, 0.3) is 5.78 Å². The van der Waals surface area contributed by atoms with Crippen molar-refractivity contribution in [2.45, 2.75) is 32.2 Å². The topological polar surface area (TPSA) is 101 Å². The molecule has 0 bridgehead atoms. The zero-order chi connectivity index (χ0) is 22.9. The van der Waals surface area contributed by atoms with Gasteiger partial charge in [-0.25, -0.2) is 9.59 Å². The van der Waals surface area contributed by atoms with Crippen molar-refractivity contribution in [3.05, 3.63) is 71.8 Å². The molecule has 0 amide bonds. The highest BCUT2D eigenvalue weighted by Crippen LogP contribution is 2.26. The number of hydrogen-bond donors (Lipinski definition) is 2. The van der Waals surface area contributed by atoms with Gasteiger partial charge in [-0.05, 0) is 19.1 Å². The summed E-state index contributed by atoms with van der Waals surface area (Å²) in [4.78, 5) is 34.8. The molecule has 3 unspecified atom stereocenters. The summed E-state index contributed by atoms with van der Waals surface area (Å²) >= 11 is 0. The molecule has 2 aromatic carbocycles. The van der Waals surface area contributed by atoms with Crippen LogP contribution in [0.1, 0.15) is 34.6 Å². The van der Waals surface area contributed by atoms with Crippen molar-refractivity contribution >= 4 is 17.7 Å². The Balaban J connectivity index is 0.000000352. The number of carbonyl (C=O) groups excluding carboxylic acids is 3. The van der Waals surface area contributed by atoms with E-state index in [9.17, 15) is 27.6 Å². The van der Waals surface area contributed by atoms with E-state index in [1.807, 2.05) is 0 Å². The zero-order valence-electron chi connectivity index (χ0n) is 16.2. The van der Waals surface area contributed by atoms with E-state index in [0.29, 0.717) is 0 Å². The highest BCUT2D eigenvalue weighted by atomic mass is 19.4. The van der Waals surface area contributed by atoms with E-state index in [1.165, 1.54) is 31.2 Å². The van der Waals surface area contributed by atoms with Crippen LogP contribution in [0.2, 0.25) is 0 Å². The number of Topliss-reactive ketones (excluding diaryl/α,β-unsaturated/α-hetero) is 1. The van der Waals surface area contributed by atoms with Crippen LogP contribution in [0.25, 0.3) is 0 Å². The Hall–Kier alpha value is -3.04. The lowest BCUT2D eigenvalue weighted by Crippen LogP contribution is -2.39. The minimum absolute atomic E-state index is 0.188. The average Bonchev–Trinajstić information content (AvgIpc) is 2.73. The molecule has 0 saturated heterocycles. The quantitative estimate of drug-likeness (QED) is 0.330. The first-order valence-corrected chi connectivity index (χ1v) is 8.79. The van der Waals surface area contributed by atoms with Gasteiger partial charge in [0.15, 0.2) is 6.10 Å². The number of rotatable bonds is 5. The van der Waals surface area contributed by atoms with E-state index >= 15 is 0 Å². The summed E-state index contributed by atoms with van der Waals surface area (Å²) in [5.74, 6) is -4.05. The van der Waals surface area contributed by atoms with Gasteiger partial charge < -0.3 is 14.9 Å². The van der Waals surface area contributed by atoms with Crippen molar-refractivity contribution < 1.29 is 42.5 Å². The fourth-order valence-electron chi connectivity index (χ4n) is 2.03. The summed E-state index contributed by atoms with van der Waals surface area (Å²) in [6, 6.07) is 15.9. The fraction of sp³-hybridized carbons (Fsp3) is 0.286. The molecule has 2 aromatic rings. The molecule has 9 heteroatoms. The number of esters is 2. The van der Waals surface area contributed by atoms with Crippen molar-refractivity contribution in [1.82, 2.24) is 0 Å². The van der Waals surface area contributed by atoms with Gasteiger partial charge in [0, 0.05) is 11.5 Å². The number of halogens is 3. The van der Waals surface area contributed by atoms with E-state index in [1.54, 1.807) is 36.4 Å². The third-order valence-corrected chi connectivity index (χ3v) is 4.01.